The first-order valence-electron chi connectivity index (χ1n) is 12.3. The van der Waals surface area contributed by atoms with Gasteiger partial charge in [-0.2, -0.15) is 0 Å². The molecule has 2 amide bonds. The molecule has 32 heavy (non-hydrogen) atoms. The van der Waals surface area contributed by atoms with Gasteiger partial charge < -0.3 is 9.05 Å². The zero-order valence-corrected chi connectivity index (χ0v) is 19.1. The van der Waals surface area contributed by atoms with Crippen molar-refractivity contribution in [2.75, 3.05) is 4.90 Å². The van der Waals surface area contributed by atoms with Crippen LogP contribution in [0.4, 0.5) is 5.69 Å². The molecule has 6 saturated carbocycles. The minimum Gasteiger partial charge on any atom is -0.302 e. The Hall–Kier alpha value is -1.49. The van der Waals surface area contributed by atoms with Gasteiger partial charge in [0.15, 0.2) is 0 Å². The molecule has 168 valence electrons. The van der Waals surface area contributed by atoms with Crippen molar-refractivity contribution in [3.63, 3.8) is 0 Å². The van der Waals surface area contributed by atoms with E-state index in [1.807, 2.05) is 25.1 Å². The van der Waals surface area contributed by atoms with E-state index in [2.05, 4.69) is 0 Å². The number of carbonyl (C=O) groups excluding carboxylic acids is 2. The van der Waals surface area contributed by atoms with Crippen LogP contribution in [0.3, 0.4) is 0 Å². The molecule has 4 bridgehead atoms. The first-order valence-corrected chi connectivity index (χ1v) is 13.9. The van der Waals surface area contributed by atoms with E-state index >= 15 is 0 Å². The molecule has 6 aliphatic carbocycles. The van der Waals surface area contributed by atoms with E-state index < -0.39 is 30.7 Å². The zero-order valence-electron chi connectivity index (χ0n) is 18.2. The molecule has 7 heteroatoms. The van der Waals surface area contributed by atoms with Crippen LogP contribution < -0.4 is 4.90 Å². The van der Waals surface area contributed by atoms with E-state index in [0.717, 1.165) is 19.3 Å². The Morgan fingerprint density at radius 1 is 0.938 bits per heavy atom. The average molecular weight is 453 g/mol. The van der Waals surface area contributed by atoms with Crippen molar-refractivity contribution in [2.45, 2.75) is 62.3 Å². The SMILES string of the molecule is CC12O[P@](=O)(OC34CC5CC(CC(C5)C3)C4)[C@H]3[C@@H]4C(=O)N(c5ccccc5)C(=O)[C@@H]4C1[C@H]32. The van der Waals surface area contributed by atoms with E-state index in [-0.39, 0.29) is 29.3 Å². The maximum Gasteiger partial charge on any atom is 0.336 e. The van der Waals surface area contributed by atoms with Crippen LogP contribution in [0.25, 0.3) is 0 Å². The number of imide groups is 1. The van der Waals surface area contributed by atoms with Crippen molar-refractivity contribution in [1.29, 1.82) is 0 Å². The van der Waals surface area contributed by atoms with Crippen molar-refractivity contribution in [3.05, 3.63) is 30.3 Å². The minimum atomic E-state index is -3.51. The number of para-hydroxylation sites is 1. The second kappa shape index (κ2) is 5.59. The number of fused-ring (bicyclic) bond motifs is 4. The second-order valence-corrected chi connectivity index (χ2v) is 14.0. The third kappa shape index (κ3) is 2.09. The van der Waals surface area contributed by atoms with E-state index in [0.29, 0.717) is 23.4 Å². The smallest absolute Gasteiger partial charge is 0.302 e. The Morgan fingerprint density at radius 3 is 2.16 bits per heavy atom. The lowest BCUT2D eigenvalue weighted by Crippen LogP contribution is -2.52. The monoisotopic (exact) mass is 453 g/mol. The van der Waals surface area contributed by atoms with Gasteiger partial charge >= 0.3 is 7.60 Å². The summed E-state index contributed by atoms with van der Waals surface area (Å²) in [6.45, 7) is 1.98. The fourth-order valence-electron chi connectivity index (χ4n) is 9.53. The van der Waals surface area contributed by atoms with Crippen LogP contribution in [0, 0.1) is 41.4 Å². The van der Waals surface area contributed by atoms with E-state index in [9.17, 15) is 14.2 Å². The summed E-state index contributed by atoms with van der Waals surface area (Å²) in [4.78, 5) is 28.3. The highest BCUT2D eigenvalue weighted by Crippen LogP contribution is 2.87. The van der Waals surface area contributed by atoms with Crippen LogP contribution in [0.2, 0.25) is 0 Å². The molecule has 9 rings (SSSR count). The van der Waals surface area contributed by atoms with Gasteiger partial charge in [-0.25, -0.2) is 0 Å². The largest absolute Gasteiger partial charge is 0.336 e. The number of amides is 2. The summed E-state index contributed by atoms with van der Waals surface area (Å²) in [6.07, 6.45) is 6.76. The Labute approximate surface area is 187 Å². The number of rotatable bonds is 3. The summed E-state index contributed by atoms with van der Waals surface area (Å²) in [6, 6.07) is 9.13. The average Bonchev–Trinajstić information content (AvgIpc) is 2.98. The third-order valence-electron chi connectivity index (χ3n) is 10.1. The lowest BCUT2D eigenvalue weighted by molar-refractivity contribution is -0.124. The Balaban J connectivity index is 1.16. The minimum absolute atomic E-state index is 0.00284. The van der Waals surface area contributed by atoms with Gasteiger partial charge in [-0.05, 0) is 75.3 Å². The molecule has 8 aliphatic rings. The summed E-state index contributed by atoms with van der Waals surface area (Å²) in [5, 5.41) is 0. The van der Waals surface area contributed by atoms with Crippen molar-refractivity contribution in [3.8, 4) is 0 Å². The summed E-state index contributed by atoms with van der Waals surface area (Å²) in [7, 11) is -3.51. The molecular weight excluding hydrogens is 425 g/mol. The summed E-state index contributed by atoms with van der Waals surface area (Å²) >= 11 is 0. The maximum absolute atomic E-state index is 14.4. The van der Waals surface area contributed by atoms with Crippen molar-refractivity contribution >= 4 is 25.1 Å². The maximum atomic E-state index is 14.4. The van der Waals surface area contributed by atoms with Crippen LogP contribution in [-0.4, -0.2) is 28.7 Å². The highest BCUT2D eigenvalue weighted by molar-refractivity contribution is 7.55. The van der Waals surface area contributed by atoms with Crippen LogP contribution in [0.1, 0.15) is 45.4 Å². The normalized spacial score (nSPS) is 56.1. The standard InChI is InChI=1S/C25H28NO5P/c1-24-19-17-18(23(28)26(22(17)27)16-5-3-2-4-6-16)21(20(19)24)32(29,30-24)31-25-10-13-7-14(11-25)9-15(8-13)12-25/h2-6,13-15,17-21H,7-12H2,1H3/t13?,14?,15?,17-,18+,19?,20+,21-,24?,25?,32-/m0/s1. The predicted octanol–water partition coefficient (Wildman–Crippen LogP) is 4.39. The Bertz CT molecular complexity index is 1080. The molecule has 0 radical (unpaired) electrons. The van der Waals surface area contributed by atoms with Gasteiger partial charge in [-0.15, -0.1) is 0 Å². The number of nitrogens with zero attached hydrogens (tertiary/aromatic N) is 1. The van der Waals surface area contributed by atoms with Gasteiger partial charge in [0, 0.05) is 11.8 Å². The molecule has 2 heterocycles. The van der Waals surface area contributed by atoms with Crippen molar-refractivity contribution in [1.82, 2.24) is 0 Å². The summed E-state index contributed by atoms with van der Waals surface area (Å²) < 4.78 is 27.4. The molecular formula is C25H28NO5P. The molecule has 1 aromatic carbocycles. The zero-order chi connectivity index (χ0) is 21.6. The Kier molecular flexibility index (Phi) is 3.30. The molecule has 0 aromatic heterocycles. The van der Waals surface area contributed by atoms with Crippen LogP contribution >= 0.6 is 7.60 Å². The van der Waals surface area contributed by atoms with Gasteiger partial charge in [0.1, 0.15) is 0 Å². The molecule has 8 fully saturated rings. The third-order valence-corrected chi connectivity index (χ3v) is 12.8. The van der Waals surface area contributed by atoms with Gasteiger partial charge in [0.25, 0.3) is 0 Å². The number of benzene rings is 1. The molecule has 2 aliphatic heterocycles. The van der Waals surface area contributed by atoms with Crippen LogP contribution in [0.15, 0.2) is 30.3 Å². The lowest BCUT2D eigenvalue weighted by atomic mass is 9.54. The highest BCUT2D eigenvalue weighted by Gasteiger charge is 2.89. The quantitative estimate of drug-likeness (QED) is 0.502. The number of hydrogen-bond donors (Lipinski definition) is 0. The predicted molar refractivity (Wildman–Crippen MR) is 116 cm³/mol. The van der Waals surface area contributed by atoms with Gasteiger partial charge in [-0.1, -0.05) is 18.2 Å². The second-order valence-electron chi connectivity index (χ2n) is 11.9. The highest BCUT2D eigenvalue weighted by atomic mass is 31.2. The van der Waals surface area contributed by atoms with Gasteiger partial charge in [-0.3, -0.25) is 19.1 Å². The number of carbonyl (C=O) groups is 2. The Morgan fingerprint density at radius 2 is 1.53 bits per heavy atom. The molecule has 6 nitrogen and oxygen atoms in total. The number of anilines is 1. The van der Waals surface area contributed by atoms with Crippen molar-refractivity contribution in [2.24, 2.45) is 41.4 Å². The first kappa shape index (κ1) is 18.9. The molecule has 2 saturated heterocycles. The molecule has 0 spiro atoms. The van der Waals surface area contributed by atoms with Gasteiger partial charge in [0.2, 0.25) is 11.8 Å². The first-order chi connectivity index (χ1) is 15.3. The van der Waals surface area contributed by atoms with Crippen LogP contribution in [0.5, 0.6) is 0 Å². The van der Waals surface area contributed by atoms with E-state index in [4.69, 9.17) is 9.05 Å². The van der Waals surface area contributed by atoms with E-state index in [1.54, 1.807) is 12.1 Å². The van der Waals surface area contributed by atoms with Gasteiger partial charge in [0.05, 0.1) is 34.4 Å². The molecule has 1 aromatic rings. The number of hydrogen-bond acceptors (Lipinski definition) is 5. The van der Waals surface area contributed by atoms with E-state index in [1.165, 1.54) is 24.2 Å². The summed E-state index contributed by atoms with van der Waals surface area (Å²) in [5.41, 5.74) is -0.809. The molecule has 7 atom stereocenters. The topological polar surface area (TPSA) is 72.9 Å². The molecule has 0 N–H and O–H groups in total. The molecule has 2 unspecified atom stereocenters. The fourth-order valence-corrected chi connectivity index (χ4v) is 13.0. The van der Waals surface area contributed by atoms with Crippen LogP contribution in [-0.2, 0) is 23.2 Å². The van der Waals surface area contributed by atoms with Crippen molar-refractivity contribution < 1.29 is 23.2 Å². The lowest BCUT2D eigenvalue weighted by Gasteiger charge is -2.56. The summed E-state index contributed by atoms with van der Waals surface area (Å²) in [5.74, 6) is 0.623. The fraction of sp³-hybridized carbons (Fsp3) is 0.680.